The summed E-state index contributed by atoms with van der Waals surface area (Å²) in [7, 11) is 0. The number of para-hydroxylation sites is 1. The molecule has 1 aromatic heterocycles. The number of anilines is 1. The minimum atomic E-state index is 0.512. The molecule has 0 bridgehead atoms. The van der Waals surface area contributed by atoms with E-state index in [0.29, 0.717) is 17.9 Å². The number of nitrogens with zero attached hydrogens (tertiary/aromatic N) is 1. The van der Waals surface area contributed by atoms with Crippen LogP contribution in [0.3, 0.4) is 0 Å². The first-order valence-corrected chi connectivity index (χ1v) is 8.08. The Labute approximate surface area is 129 Å². The van der Waals surface area contributed by atoms with Gasteiger partial charge in [-0.1, -0.05) is 45.9 Å². The Morgan fingerprint density at radius 2 is 1.62 bits per heavy atom. The molecule has 2 nitrogen and oxygen atoms in total. The number of aryl methyl sites for hydroxylation is 1. The Morgan fingerprint density at radius 1 is 0.952 bits per heavy atom. The van der Waals surface area contributed by atoms with Gasteiger partial charge in [0.15, 0.2) is 0 Å². The lowest BCUT2D eigenvalue weighted by Gasteiger charge is -2.24. The molecule has 0 amide bonds. The molecule has 21 heavy (non-hydrogen) atoms. The van der Waals surface area contributed by atoms with Crippen molar-refractivity contribution >= 4 is 16.6 Å². The van der Waals surface area contributed by atoms with Gasteiger partial charge in [0.2, 0.25) is 0 Å². The Morgan fingerprint density at radius 3 is 2.24 bits per heavy atom. The van der Waals surface area contributed by atoms with Gasteiger partial charge in [-0.15, -0.1) is 0 Å². The maximum Gasteiger partial charge on any atom is 0.0936 e. The normalized spacial score (nSPS) is 11.8. The Bertz CT molecular complexity index is 577. The summed E-state index contributed by atoms with van der Waals surface area (Å²) in [5.41, 5.74) is 3.33. The maximum atomic E-state index is 4.72. The van der Waals surface area contributed by atoms with E-state index in [4.69, 9.17) is 4.98 Å². The molecule has 0 spiro atoms. The van der Waals surface area contributed by atoms with Gasteiger partial charge in [-0.3, -0.25) is 4.98 Å². The summed E-state index contributed by atoms with van der Waals surface area (Å²) in [6, 6.07) is 11.1. The largest absolute Gasteiger partial charge is 0.381 e. The summed E-state index contributed by atoms with van der Waals surface area (Å²) >= 11 is 0. The Kier molecular flexibility index (Phi) is 5.22. The quantitative estimate of drug-likeness (QED) is 0.766. The van der Waals surface area contributed by atoms with Gasteiger partial charge >= 0.3 is 0 Å². The number of fused-ring (bicyclic) bond motifs is 1. The van der Waals surface area contributed by atoms with Crippen molar-refractivity contribution in [3.63, 3.8) is 0 Å². The highest BCUT2D eigenvalue weighted by atomic mass is 14.9. The molecule has 2 aromatic rings. The zero-order valence-corrected chi connectivity index (χ0v) is 14.0. The number of benzene rings is 1. The molecule has 1 aromatic carbocycles. The van der Waals surface area contributed by atoms with Crippen LogP contribution in [0.2, 0.25) is 0 Å². The molecule has 2 heteroatoms. The molecule has 0 aliphatic carbocycles. The topological polar surface area (TPSA) is 24.9 Å². The molecule has 0 unspecified atom stereocenters. The molecule has 2 rings (SSSR count). The standard InChI is InChI=1S/C19H28N2/c1-13(2)11-17(12-14(3)4)21-18-8-6-7-16-10-9-15(5)20-19(16)18/h6-10,13-14,17,21H,11-12H2,1-5H3. The third-order valence-electron chi connectivity index (χ3n) is 3.73. The van der Waals surface area contributed by atoms with Crippen molar-refractivity contribution in [2.24, 2.45) is 11.8 Å². The number of pyridine rings is 1. The molecule has 0 atom stereocenters. The molecule has 0 fully saturated rings. The van der Waals surface area contributed by atoms with Crippen LogP contribution in [0.15, 0.2) is 30.3 Å². The van der Waals surface area contributed by atoms with Crippen molar-refractivity contribution in [2.75, 3.05) is 5.32 Å². The molecule has 114 valence electrons. The van der Waals surface area contributed by atoms with Crippen LogP contribution in [-0.2, 0) is 0 Å². The summed E-state index contributed by atoms with van der Waals surface area (Å²) in [6.07, 6.45) is 2.39. The van der Waals surface area contributed by atoms with E-state index in [-0.39, 0.29) is 0 Å². The summed E-state index contributed by atoms with van der Waals surface area (Å²) in [5.74, 6) is 1.40. The predicted molar refractivity (Wildman–Crippen MR) is 92.8 cm³/mol. The number of nitrogens with one attached hydrogen (secondary N) is 1. The monoisotopic (exact) mass is 284 g/mol. The van der Waals surface area contributed by atoms with Crippen LogP contribution in [-0.4, -0.2) is 11.0 Å². The van der Waals surface area contributed by atoms with E-state index >= 15 is 0 Å². The van der Waals surface area contributed by atoms with Crippen LogP contribution in [0.5, 0.6) is 0 Å². The van der Waals surface area contributed by atoms with Crippen molar-refractivity contribution in [1.29, 1.82) is 0 Å². The molecule has 0 saturated heterocycles. The first-order chi connectivity index (χ1) is 9.95. The van der Waals surface area contributed by atoms with Crippen LogP contribution in [0.4, 0.5) is 5.69 Å². The second-order valence-electron chi connectivity index (χ2n) is 6.93. The fourth-order valence-corrected chi connectivity index (χ4v) is 2.93. The first-order valence-electron chi connectivity index (χ1n) is 8.08. The first kappa shape index (κ1) is 15.8. The molecule has 0 radical (unpaired) electrons. The van der Waals surface area contributed by atoms with Crippen molar-refractivity contribution in [1.82, 2.24) is 4.98 Å². The third kappa shape index (κ3) is 4.45. The van der Waals surface area contributed by atoms with E-state index < -0.39 is 0 Å². The summed E-state index contributed by atoms with van der Waals surface area (Å²) in [4.78, 5) is 4.72. The van der Waals surface area contributed by atoms with Crippen molar-refractivity contribution < 1.29 is 0 Å². The molecule has 0 aliphatic heterocycles. The molecule has 1 N–H and O–H groups in total. The van der Waals surface area contributed by atoms with E-state index in [1.54, 1.807) is 0 Å². The zero-order valence-electron chi connectivity index (χ0n) is 14.0. The second kappa shape index (κ2) is 6.93. The van der Waals surface area contributed by atoms with Gasteiger partial charge in [0.1, 0.15) is 0 Å². The zero-order chi connectivity index (χ0) is 15.4. The van der Waals surface area contributed by atoms with Crippen molar-refractivity contribution in [3.8, 4) is 0 Å². The predicted octanol–water partition coefficient (Wildman–Crippen LogP) is 5.42. The van der Waals surface area contributed by atoms with Gasteiger partial charge in [-0.2, -0.15) is 0 Å². The van der Waals surface area contributed by atoms with Crippen LogP contribution in [0, 0.1) is 18.8 Å². The van der Waals surface area contributed by atoms with Crippen molar-refractivity contribution in [3.05, 3.63) is 36.0 Å². The average molecular weight is 284 g/mol. The van der Waals surface area contributed by atoms with E-state index in [1.165, 1.54) is 23.9 Å². The minimum absolute atomic E-state index is 0.512. The van der Waals surface area contributed by atoms with Gasteiger partial charge < -0.3 is 5.32 Å². The summed E-state index contributed by atoms with van der Waals surface area (Å²) in [5, 5.41) is 4.96. The molecule has 1 heterocycles. The fraction of sp³-hybridized carbons (Fsp3) is 0.526. The lowest BCUT2D eigenvalue weighted by atomic mass is 9.95. The van der Waals surface area contributed by atoms with Crippen LogP contribution in [0.1, 0.15) is 46.2 Å². The highest BCUT2D eigenvalue weighted by molar-refractivity contribution is 5.90. The van der Waals surface area contributed by atoms with E-state index in [0.717, 1.165) is 11.2 Å². The lowest BCUT2D eigenvalue weighted by Crippen LogP contribution is -2.23. The van der Waals surface area contributed by atoms with Gasteiger partial charge in [-0.25, -0.2) is 0 Å². The second-order valence-corrected chi connectivity index (χ2v) is 6.93. The Hall–Kier alpha value is -1.57. The Balaban J connectivity index is 2.29. The number of rotatable bonds is 6. The van der Waals surface area contributed by atoms with Gasteiger partial charge in [0.25, 0.3) is 0 Å². The fourth-order valence-electron chi connectivity index (χ4n) is 2.93. The minimum Gasteiger partial charge on any atom is -0.381 e. The third-order valence-corrected chi connectivity index (χ3v) is 3.73. The smallest absolute Gasteiger partial charge is 0.0936 e. The van der Waals surface area contributed by atoms with Crippen LogP contribution >= 0.6 is 0 Å². The van der Waals surface area contributed by atoms with Crippen LogP contribution < -0.4 is 5.32 Å². The number of hydrogen-bond donors (Lipinski definition) is 1. The SMILES string of the molecule is Cc1ccc2cccc(NC(CC(C)C)CC(C)C)c2n1. The van der Waals surface area contributed by atoms with E-state index in [9.17, 15) is 0 Å². The summed E-state index contributed by atoms with van der Waals surface area (Å²) < 4.78 is 0. The van der Waals surface area contributed by atoms with E-state index in [2.05, 4.69) is 70.3 Å². The molecule has 0 aliphatic rings. The van der Waals surface area contributed by atoms with Crippen LogP contribution in [0.25, 0.3) is 10.9 Å². The molecule has 0 saturated carbocycles. The maximum absolute atomic E-state index is 4.72. The lowest BCUT2D eigenvalue weighted by molar-refractivity contribution is 0.442. The molecular formula is C19H28N2. The highest BCUT2D eigenvalue weighted by Gasteiger charge is 2.14. The molecular weight excluding hydrogens is 256 g/mol. The van der Waals surface area contributed by atoms with Gasteiger partial charge in [0, 0.05) is 17.1 Å². The average Bonchev–Trinajstić information content (AvgIpc) is 2.38. The van der Waals surface area contributed by atoms with Crippen molar-refractivity contribution in [2.45, 2.75) is 53.5 Å². The number of aromatic nitrogens is 1. The van der Waals surface area contributed by atoms with Gasteiger partial charge in [0.05, 0.1) is 11.2 Å². The summed E-state index contributed by atoms with van der Waals surface area (Å²) in [6.45, 7) is 11.2. The highest BCUT2D eigenvalue weighted by Crippen LogP contribution is 2.25. The van der Waals surface area contributed by atoms with E-state index in [1.807, 2.05) is 0 Å². The van der Waals surface area contributed by atoms with Gasteiger partial charge in [-0.05, 0) is 43.7 Å². The number of hydrogen-bond acceptors (Lipinski definition) is 2.